The Labute approximate surface area is 182 Å². The fourth-order valence-electron chi connectivity index (χ4n) is 2.36. The summed E-state index contributed by atoms with van der Waals surface area (Å²) in [7, 11) is 3.22. The van der Waals surface area contributed by atoms with Crippen molar-refractivity contribution in [3.8, 4) is 11.5 Å². The van der Waals surface area contributed by atoms with Crippen molar-refractivity contribution in [1.29, 1.82) is 0 Å². The average Bonchev–Trinajstić information content (AvgIpc) is 2.94. The third-order valence-electron chi connectivity index (χ3n) is 3.49. The number of ether oxygens (including phenoxy) is 2. The van der Waals surface area contributed by atoms with E-state index in [1.54, 1.807) is 14.2 Å². The number of hydrogen-bond donors (Lipinski definition) is 1. The van der Waals surface area contributed by atoms with E-state index in [0.29, 0.717) is 21.5 Å². The second-order valence-corrected chi connectivity index (χ2v) is 8.60. The number of hydrogen-bond acceptors (Lipinski definition) is 5. The van der Waals surface area contributed by atoms with Gasteiger partial charge in [0.25, 0.3) is 5.91 Å². The van der Waals surface area contributed by atoms with Gasteiger partial charge in [-0.1, -0.05) is 12.1 Å². The van der Waals surface area contributed by atoms with Crippen LogP contribution in [-0.4, -0.2) is 25.3 Å². The first-order valence-electron chi connectivity index (χ1n) is 7.47. The number of carbonyl (C=O) groups excluding carboxylic acids is 1. The van der Waals surface area contributed by atoms with Gasteiger partial charge in [0.15, 0.2) is 5.17 Å². The summed E-state index contributed by atoms with van der Waals surface area (Å²) in [6.07, 6.45) is 1.83. The molecule has 1 saturated heterocycles. The van der Waals surface area contributed by atoms with Crippen molar-refractivity contribution in [2.45, 2.75) is 0 Å². The van der Waals surface area contributed by atoms with Crippen LogP contribution in [0.15, 0.2) is 46.3 Å². The molecule has 0 aromatic heterocycles. The van der Waals surface area contributed by atoms with E-state index in [9.17, 15) is 4.79 Å². The molecule has 1 aliphatic heterocycles. The number of rotatable bonds is 4. The quantitative estimate of drug-likeness (QED) is 0.410. The van der Waals surface area contributed by atoms with Crippen LogP contribution in [0.2, 0.25) is 0 Å². The van der Waals surface area contributed by atoms with Crippen LogP contribution in [-0.2, 0) is 4.79 Å². The van der Waals surface area contributed by atoms with Crippen LogP contribution in [0.25, 0.3) is 6.08 Å². The predicted molar refractivity (Wildman–Crippen MR) is 122 cm³/mol. The van der Waals surface area contributed by atoms with Crippen molar-refractivity contribution in [1.82, 2.24) is 5.32 Å². The zero-order valence-electron chi connectivity index (χ0n) is 13.9. The molecule has 0 saturated carbocycles. The standard InChI is InChI=1S/C18H14I2N2O3S/c1-24-14-6-4-3-5-13(14)21-18-22-17(23)15(26-18)8-10-7-11(19)9-12(20)16(10)25-2/h3-9H,1-2H3,(H,21,22,23)/b15-8-. The minimum absolute atomic E-state index is 0.181. The lowest BCUT2D eigenvalue weighted by molar-refractivity contribution is -0.115. The summed E-state index contributed by atoms with van der Waals surface area (Å²) in [5, 5.41) is 3.31. The Morgan fingerprint density at radius 1 is 1.15 bits per heavy atom. The topological polar surface area (TPSA) is 59.9 Å². The van der Waals surface area contributed by atoms with Crippen molar-refractivity contribution >= 4 is 79.8 Å². The number of nitrogens with zero attached hydrogens (tertiary/aromatic N) is 1. The summed E-state index contributed by atoms with van der Waals surface area (Å²) in [6, 6.07) is 11.4. The second-order valence-electron chi connectivity index (χ2n) is 5.16. The fourth-order valence-corrected chi connectivity index (χ4v) is 5.29. The van der Waals surface area contributed by atoms with E-state index in [4.69, 9.17) is 9.47 Å². The highest BCUT2D eigenvalue weighted by molar-refractivity contribution is 14.1. The van der Waals surface area contributed by atoms with Gasteiger partial charge in [0.05, 0.1) is 22.7 Å². The molecule has 2 aromatic carbocycles. The molecule has 0 spiro atoms. The predicted octanol–water partition coefficient (Wildman–Crippen LogP) is 4.80. The lowest BCUT2D eigenvalue weighted by atomic mass is 10.2. The van der Waals surface area contributed by atoms with E-state index in [-0.39, 0.29) is 5.91 Å². The molecule has 5 nitrogen and oxygen atoms in total. The van der Waals surface area contributed by atoms with Gasteiger partial charge >= 0.3 is 0 Å². The monoisotopic (exact) mass is 592 g/mol. The normalized spacial score (nSPS) is 16.8. The molecule has 0 atom stereocenters. The molecular formula is C18H14I2N2O3S. The van der Waals surface area contributed by atoms with Crippen molar-refractivity contribution in [2.75, 3.05) is 14.2 Å². The van der Waals surface area contributed by atoms with Gasteiger partial charge in [0.1, 0.15) is 17.2 Å². The first-order chi connectivity index (χ1) is 12.5. The fraction of sp³-hybridized carbons (Fsp3) is 0.111. The molecule has 26 heavy (non-hydrogen) atoms. The van der Waals surface area contributed by atoms with Gasteiger partial charge in [0.2, 0.25) is 0 Å². The van der Waals surface area contributed by atoms with Crippen LogP contribution in [0.4, 0.5) is 5.69 Å². The number of aliphatic imine (C=N–C) groups is 1. The molecule has 0 bridgehead atoms. The summed E-state index contributed by atoms with van der Waals surface area (Å²) in [5.41, 5.74) is 1.53. The molecule has 1 fully saturated rings. The molecule has 1 heterocycles. The zero-order valence-corrected chi connectivity index (χ0v) is 19.0. The van der Waals surface area contributed by atoms with Gasteiger partial charge in [-0.2, -0.15) is 0 Å². The van der Waals surface area contributed by atoms with Gasteiger partial charge in [0, 0.05) is 9.13 Å². The van der Waals surface area contributed by atoms with Gasteiger partial charge in [-0.25, -0.2) is 4.99 Å². The minimum atomic E-state index is -0.181. The first kappa shape index (κ1) is 19.5. The maximum Gasteiger partial charge on any atom is 0.264 e. The summed E-state index contributed by atoms with van der Waals surface area (Å²) in [4.78, 5) is 17.4. The lowest BCUT2D eigenvalue weighted by Gasteiger charge is -2.08. The highest BCUT2D eigenvalue weighted by Gasteiger charge is 2.25. The zero-order chi connectivity index (χ0) is 18.7. The Kier molecular flexibility index (Phi) is 6.46. The Morgan fingerprint density at radius 3 is 2.65 bits per heavy atom. The maximum atomic E-state index is 12.3. The molecule has 134 valence electrons. The van der Waals surface area contributed by atoms with Crippen LogP contribution < -0.4 is 14.8 Å². The summed E-state index contributed by atoms with van der Waals surface area (Å²) < 4.78 is 12.9. The number of para-hydroxylation sites is 2. The van der Waals surface area contributed by atoms with Crippen LogP contribution in [0.3, 0.4) is 0 Å². The number of nitrogens with one attached hydrogen (secondary N) is 1. The third kappa shape index (κ3) is 4.34. The minimum Gasteiger partial charge on any atom is -0.495 e. The molecule has 1 N–H and O–H groups in total. The van der Waals surface area contributed by atoms with E-state index < -0.39 is 0 Å². The largest absolute Gasteiger partial charge is 0.495 e. The highest BCUT2D eigenvalue weighted by atomic mass is 127. The smallest absolute Gasteiger partial charge is 0.264 e. The third-order valence-corrected chi connectivity index (χ3v) is 5.82. The van der Waals surface area contributed by atoms with Crippen LogP contribution in [0.5, 0.6) is 11.5 Å². The second kappa shape index (κ2) is 8.61. The van der Waals surface area contributed by atoms with Crippen molar-refractivity contribution < 1.29 is 14.3 Å². The van der Waals surface area contributed by atoms with E-state index >= 15 is 0 Å². The van der Waals surface area contributed by atoms with Crippen molar-refractivity contribution in [3.63, 3.8) is 0 Å². The number of amidine groups is 1. The summed E-state index contributed by atoms with van der Waals surface area (Å²) in [6.45, 7) is 0. The lowest BCUT2D eigenvalue weighted by Crippen LogP contribution is -2.19. The molecule has 8 heteroatoms. The van der Waals surface area contributed by atoms with Gasteiger partial charge in [-0.15, -0.1) is 0 Å². The number of benzene rings is 2. The molecular weight excluding hydrogens is 578 g/mol. The number of amides is 1. The molecule has 3 rings (SSSR count). The van der Waals surface area contributed by atoms with Gasteiger partial charge < -0.3 is 14.8 Å². The Hall–Kier alpha value is -1.27. The van der Waals surface area contributed by atoms with Gasteiger partial charge in [-0.05, 0) is 87.3 Å². The molecule has 0 radical (unpaired) electrons. The highest BCUT2D eigenvalue weighted by Crippen LogP contribution is 2.35. The first-order valence-corrected chi connectivity index (χ1v) is 10.4. The maximum absolute atomic E-state index is 12.3. The Morgan fingerprint density at radius 2 is 1.92 bits per heavy atom. The SMILES string of the molecule is COc1ccccc1N=C1NC(=O)/C(=C/c2cc(I)cc(I)c2OC)S1. The summed E-state index contributed by atoms with van der Waals surface area (Å²) >= 11 is 5.77. The molecule has 0 aliphatic carbocycles. The average molecular weight is 592 g/mol. The molecule has 1 aliphatic rings. The van der Waals surface area contributed by atoms with E-state index in [1.807, 2.05) is 42.5 Å². The Balaban J connectivity index is 1.94. The van der Waals surface area contributed by atoms with E-state index in [0.717, 1.165) is 18.5 Å². The van der Waals surface area contributed by atoms with Crippen LogP contribution >= 0.6 is 56.9 Å². The van der Waals surface area contributed by atoms with E-state index in [1.165, 1.54) is 11.8 Å². The number of halogens is 2. The molecule has 2 aromatic rings. The molecule has 0 unspecified atom stereocenters. The summed E-state index contributed by atoms with van der Waals surface area (Å²) in [5.74, 6) is 1.22. The number of methoxy groups -OCH3 is 2. The van der Waals surface area contributed by atoms with Crippen LogP contribution in [0, 0.1) is 7.14 Å². The Bertz CT molecular complexity index is 929. The molecule has 1 amide bonds. The number of thioether (sulfide) groups is 1. The van der Waals surface area contributed by atoms with Crippen LogP contribution in [0.1, 0.15) is 5.56 Å². The van der Waals surface area contributed by atoms with E-state index in [2.05, 4.69) is 55.5 Å². The van der Waals surface area contributed by atoms with Gasteiger partial charge in [-0.3, -0.25) is 4.79 Å². The van der Waals surface area contributed by atoms with Crippen molar-refractivity contribution in [2.24, 2.45) is 4.99 Å². The number of carbonyl (C=O) groups is 1. The van der Waals surface area contributed by atoms with Crippen molar-refractivity contribution in [3.05, 3.63) is 54.0 Å².